The molecule has 0 amide bonds. The van der Waals surface area contributed by atoms with E-state index in [1.54, 1.807) is 31.1 Å². The van der Waals surface area contributed by atoms with Gasteiger partial charge in [-0.05, 0) is 24.3 Å². The van der Waals surface area contributed by atoms with Crippen molar-refractivity contribution in [1.29, 1.82) is 5.26 Å². The molecule has 3 aromatic rings. The minimum absolute atomic E-state index is 0.557. The summed E-state index contributed by atoms with van der Waals surface area (Å²) in [5, 5.41) is 11.0. The second-order valence-electron chi connectivity index (χ2n) is 4.70. The summed E-state index contributed by atoms with van der Waals surface area (Å²) in [7, 11) is 3.17. The lowest BCUT2D eigenvalue weighted by Crippen LogP contribution is -2.07. The molecule has 5 heteroatoms. The highest BCUT2D eigenvalue weighted by Gasteiger charge is 2.20. The van der Waals surface area contributed by atoms with Crippen molar-refractivity contribution in [3.05, 3.63) is 53.1 Å². The number of nitrogens with zero attached hydrogens (tertiary/aromatic N) is 2. The predicted octanol–water partition coefficient (Wildman–Crippen LogP) is 3.90. The molecule has 2 aromatic carbocycles. The summed E-state index contributed by atoms with van der Waals surface area (Å²) in [6.45, 7) is 0. The highest BCUT2D eigenvalue weighted by molar-refractivity contribution is 6.30. The normalized spacial score (nSPS) is 10.5. The Labute approximate surface area is 133 Å². The van der Waals surface area contributed by atoms with Gasteiger partial charge in [0.05, 0.1) is 18.2 Å². The lowest BCUT2D eigenvalue weighted by atomic mass is 10.1. The molecule has 0 atom stereocenters. The van der Waals surface area contributed by atoms with E-state index in [4.69, 9.17) is 21.2 Å². The van der Waals surface area contributed by atoms with Crippen LogP contribution >= 0.6 is 11.6 Å². The lowest BCUT2D eigenvalue weighted by Gasteiger charge is -2.09. The van der Waals surface area contributed by atoms with Gasteiger partial charge in [0.2, 0.25) is 0 Å². The van der Waals surface area contributed by atoms with Gasteiger partial charge in [0, 0.05) is 22.0 Å². The number of nitriles is 1. The first-order valence-corrected chi connectivity index (χ1v) is 7.00. The van der Waals surface area contributed by atoms with E-state index in [0.29, 0.717) is 22.0 Å². The molecule has 1 aromatic heterocycles. The van der Waals surface area contributed by atoms with Crippen molar-refractivity contribution in [2.75, 3.05) is 14.2 Å². The molecule has 0 saturated heterocycles. The van der Waals surface area contributed by atoms with E-state index in [9.17, 15) is 5.26 Å². The number of ether oxygens (including phenoxy) is 1. The molecule has 0 bridgehead atoms. The summed E-state index contributed by atoms with van der Waals surface area (Å²) in [6, 6.07) is 15.1. The quantitative estimate of drug-likeness (QED) is 0.737. The topological polar surface area (TPSA) is 47.2 Å². The Balaban J connectivity index is 2.37. The van der Waals surface area contributed by atoms with E-state index >= 15 is 0 Å². The summed E-state index contributed by atoms with van der Waals surface area (Å²) in [4.78, 5) is 5.50. The van der Waals surface area contributed by atoms with Crippen molar-refractivity contribution in [2.24, 2.45) is 0 Å². The molecular formula is C17H13ClN2O2. The molecule has 0 N–H and O–H groups in total. The van der Waals surface area contributed by atoms with Crippen molar-refractivity contribution in [3.8, 4) is 23.1 Å². The van der Waals surface area contributed by atoms with Crippen molar-refractivity contribution >= 4 is 22.5 Å². The number of fused-ring (bicyclic) bond motifs is 1. The average molecular weight is 313 g/mol. The Hall–Kier alpha value is -2.64. The maximum absolute atomic E-state index is 9.59. The van der Waals surface area contributed by atoms with Crippen LogP contribution in [0.5, 0.6) is 5.75 Å². The van der Waals surface area contributed by atoms with Crippen LogP contribution in [0.4, 0.5) is 0 Å². The SMILES string of the molecule is COc1ccc2c(C#N)c(-c3ccc(Cl)cc3)n(OC)c2c1. The summed E-state index contributed by atoms with van der Waals surface area (Å²) < 4.78 is 6.90. The van der Waals surface area contributed by atoms with Crippen LogP contribution in [-0.2, 0) is 0 Å². The number of halogens is 1. The van der Waals surface area contributed by atoms with Crippen molar-refractivity contribution < 1.29 is 9.57 Å². The van der Waals surface area contributed by atoms with Gasteiger partial charge < -0.3 is 9.57 Å². The summed E-state index contributed by atoms with van der Waals surface area (Å²) in [6.07, 6.45) is 0. The molecule has 0 unspecified atom stereocenters. The molecular weight excluding hydrogens is 300 g/mol. The number of hydrogen-bond acceptors (Lipinski definition) is 3. The maximum atomic E-state index is 9.59. The van der Waals surface area contributed by atoms with Crippen LogP contribution in [0.15, 0.2) is 42.5 Å². The largest absolute Gasteiger partial charge is 0.497 e. The molecule has 0 radical (unpaired) electrons. The van der Waals surface area contributed by atoms with Gasteiger partial charge in [0.25, 0.3) is 0 Å². The fourth-order valence-electron chi connectivity index (χ4n) is 2.54. The van der Waals surface area contributed by atoms with Gasteiger partial charge in [0.15, 0.2) is 0 Å². The molecule has 0 aliphatic rings. The first kappa shape index (κ1) is 14.3. The molecule has 22 heavy (non-hydrogen) atoms. The lowest BCUT2D eigenvalue weighted by molar-refractivity contribution is 0.183. The van der Waals surface area contributed by atoms with Gasteiger partial charge in [-0.15, -0.1) is 0 Å². The smallest absolute Gasteiger partial charge is 0.121 e. The average Bonchev–Trinajstić information content (AvgIpc) is 2.87. The maximum Gasteiger partial charge on any atom is 0.121 e. The molecule has 0 fully saturated rings. The minimum Gasteiger partial charge on any atom is -0.497 e. The number of benzene rings is 2. The predicted molar refractivity (Wildman–Crippen MR) is 86.2 cm³/mol. The van der Waals surface area contributed by atoms with Gasteiger partial charge in [-0.2, -0.15) is 9.99 Å². The number of methoxy groups -OCH3 is 1. The van der Waals surface area contributed by atoms with Gasteiger partial charge in [-0.3, -0.25) is 0 Å². The van der Waals surface area contributed by atoms with Crippen molar-refractivity contribution in [1.82, 2.24) is 4.73 Å². The fraction of sp³-hybridized carbons (Fsp3) is 0.118. The number of hydrogen-bond donors (Lipinski definition) is 0. The zero-order chi connectivity index (χ0) is 15.7. The Bertz CT molecular complexity index is 876. The van der Waals surface area contributed by atoms with E-state index < -0.39 is 0 Å². The van der Waals surface area contributed by atoms with Gasteiger partial charge in [-0.25, -0.2) is 0 Å². The number of aromatic nitrogens is 1. The van der Waals surface area contributed by atoms with Crippen LogP contribution in [-0.4, -0.2) is 19.0 Å². The Morgan fingerprint density at radius 3 is 2.41 bits per heavy atom. The van der Waals surface area contributed by atoms with Crippen LogP contribution in [0.1, 0.15) is 5.56 Å². The Kier molecular flexibility index (Phi) is 3.66. The molecule has 0 saturated carbocycles. The highest BCUT2D eigenvalue weighted by atomic mass is 35.5. The second-order valence-corrected chi connectivity index (χ2v) is 5.14. The fourth-order valence-corrected chi connectivity index (χ4v) is 2.67. The zero-order valence-electron chi connectivity index (χ0n) is 12.1. The first-order valence-electron chi connectivity index (χ1n) is 6.62. The van der Waals surface area contributed by atoms with Crippen LogP contribution in [0.2, 0.25) is 5.02 Å². The molecule has 1 heterocycles. The van der Waals surface area contributed by atoms with E-state index in [-0.39, 0.29) is 0 Å². The molecule has 0 spiro atoms. The van der Waals surface area contributed by atoms with E-state index in [1.165, 1.54) is 0 Å². The van der Waals surface area contributed by atoms with Gasteiger partial charge in [0.1, 0.15) is 24.6 Å². The van der Waals surface area contributed by atoms with Crippen LogP contribution in [0.25, 0.3) is 22.2 Å². The summed E-state index contributed by atoms with van der Waals surface area (Å²) in [5.41, 5.74) is 2.90. The van der Waals surface area contributed by atoms with Gasteiger partial charge >= 0.3 is 0 Å². The van der Waals surface area contributed by atoms with Crippen LogP contribution in [0, 0.1) is 11.3 Å². The molecule has 4 nitrogen and oxygen atoms in total. The third-order valence-electron chi connectivity index (χ3n) is 3.54. The molecule has 3 rings (SSSR count). The van der Waals surface area contributed by atoms with Crippen LogP contribution in [0.3, 0.4) is 0 Å². The van der Waals surface area contributed by atoms with E-state index in [0.717, 1.165) is 16.5 Å². The van der Waals surface area contributed by atoms with Crippen molar-refractivity contribution in [3.63, 3.8) is 0 Å². The second kappa shape index (κ2) is 5.63. The van der Waals surface area contributed by atoms with Crippen molar-refractivity contribution in [2.45, 2.75) is 0 Å². The zero-order valence-corrected chi connectivity index (χ0v) is 12.9. The van der Waals surface area contributed by atoms with Crippen LogP contribution < -0.4 is 9.57 Å². The first-order chi connectivity index (χ1) is 10.7. The summed E-state index contributed by atoms with van der Waals surface area (Å²) in [5.74, 6) is 0.704. The molecule has 0 aliphatic carbocycles. The third kappa shape index (κ3) is 2.16. The monoisotopic (exact) mass is 312 g/mol. The van der Waals surface area contributed by atoms with Gasteiger partial charge in [-0.1, -0.05) is 23.7 Å². The third-order valence-corrected chi connectivity index (χ3v) is 3.80. The van der Waals surface area contributed by atoms with E-state index in [2.05, 4.69) is 6.07 Å². The standard InChI is InChI=1S/C17H13ClN2O2/c1-21-13-7-8-14-15(10-19)17(20(22-2)16(14)9-13)11-3-5-12(18)6-4-11/h3-9H,1-2H3. The minimum atomic E-state index is 0.557. The molecule has 0 aliphatic heterocycles. The molecule has 110 valence electrons. The highest BCUT2D eigenvalue weighted by Crippen LogP contribution is 2.34. The summed E-state index contributed by atoms with van der Waals surface area (Å²) >= 11 is 5.95. The number of rotatable bonds is 3. The Morgan fingerprint density at radius 1 is 1.09 bits per heavy atom. The Morgan fingerprint density at radius 2 is 1.82 bits per heavy atom. The van der Waals surface area contributed by atoms with E-state index in [1.807, 2.05) is 30.3 Å².